The van der Waals surface area contributed by atoms with E-state index in [1.54, 1.807) is 26.4 Å². The molecule has 1 atom stereocenters. The molecule has 2 aromatic rings. The van der Waals surface area contributed by atoms with E-state index in [2.05, 4.69) is 18.3 Å². The highest BCUT2D eigenvalue weighted by Crippen LogP contribution is 2.24. The largest absolute Gasteiger partial charge is 0.497 e. The van der Waals surface area contributed by atoms with Crippen LogP contribution in [0.25, 0.3) is 6.08 Å². The van der Waals surface area contributed by atoms with E-state index in [0.29, 0.717) is 0 Å². The molecule has 0 radical (unpaired) electrons. The van der Waals surface area contributed by atoms with Crippen molar-refractivity contribution < 1.29 is 14.3 Å². The summed E-state index contributed by atoms with van der Waals surface area (Å²) < 4.78 is 10.4. The second-order valence-electron chi connectivity index (χ2n) is 5.80. The number of carbonyl (C=O) groups excluding carboxylic acids is 1. The molecule has 4 heteroatoms. The average molecular weight is 339 g/mol. The zero-order valence-corrected chi connectivity index (χ0v) is 15.2. The number of benzene rings is 2. The lowest BCUT2D eigenvalue weighted by Crippen LogP contribution is -2.26. The van der Waals surface area contributed by atoms with Gasteiger partial charge in [-0.1, -0.05) is 31.2 Å². The molecule has 0 aromatic heterocycles. The van der Waals surface area contributed by atoms with Crippen LogP contribution in [0.2, 0.25) is 0 Å². The molecule has 0 bridgehead atoms. The summed E-state index contributed by atoms with van der Waals surface area (Å²) in [5, 5.41) is 3.05. The van der Waals surface area contributed by atoms with Gasteiger partial charge in [-0.2, -0.15) is 0 Å². The Balaban J connectivity index is 2.03. The standard InChI is InChI=1S/C21H25NO3/c1-5-19(17-9-12-20(25-4)15(2)14-17)22-21(23)13-8-16-6-10-18(24-3)11-7-16/h6-14,19H,5H2,1-4H3,(H,22,23)/b13-8+/t19-/m0/s1. The Morgan fingerprint density at radius 2 is 1.84 bits per heavy atom. The zero-order valence-electron chi connectivity index (χ0n) is 15.2. The van der Waals surface area contributed by atoms with Gasteiger partial charge in [0.05, 0.1) is 20.3 Å². The molecule has 0 aliphatic carbocycles. The first-order valence-electron chi connectivity index (χ1n) is 8.34. The van der Waals surface area contributed by atoms with Gasteiger partial charge in [-0.15, -0.1) is 0 Å². The van der Waals surface area contributed by atoms with E-state index in [1.165, 1.54) is 0 Å². The van der Waals surface area contributed by atoms with Crippen LogP contribution in [0, 0.1) is 6.92 Å². The van der Waals surface area contributed by atoms with Crippen molar-refractivity contribution in [1.82, 2.24) is 5.32 Å². The number of hydrogen-bond acceptors (Lipinski definition) is 3. The minimum atomic E-state index is -0.115. The quantitative estimate of drug-likeness (QED) is 0.765. The van der Waals surface area contributed by atoms with Crippen LogP contribution < -0.4 is 14.8 Å². The fourth-order valence-electron chi connectivity index (χ4n) is 2.65. The number of aryl methyl sites for hydroxylation is 1. The van der Waals surface area contributed by atoms with Gasteiger partial charge in [0.1, 0.15) is 11.5 Å². The van der Waals surface area contributed by atoms with Crippen LogP contribution in [-0.4, -0.2) is 20.1 Å². The monoisotopic (exact) mass is 339 g/mol. The Bertz CT molecular complexity index is 735. The molecule has 1 N–H and O–H groups in total. The van der Waals surface area contributed by atoms with Crippen molar-refractivity contribution in [2.75, 3.05) is 14.2 Å². The highest BCUT2D eigenvalue weighted by molar-refractivity contribution is 5.92. The number of amides is 1. The first kappa shape index (κ1) is 18.6. The summed E-state index contributed by atoms with van der Waals surface area (Å²) in [5.41, 5.74) is 3.08. The van der Waals surface area contributed by atoms with Crippen LogP contribution in [0.15, 0.2) is 48.5 Å². The van der Waals surface area contributed by atoms with Crippen LogP contribution in [0.5, 0.6) is 11.5 Å². The van der Waals surface area contributed by atoms with Crippen LogP contribution >= 0.6 is 0 Å². The molecule has 2 rings (SSSR count). The van der Waals surface area contributed by atoms with Crippen molar-refractivity contribution >= 4 is 12.0 Å². The molecule has 25 heavy (non-hydrogen) atoms. The summed E-state index contributed by atoms with van der Waals surface area (Å²) in [4.78, 5) is 12.2. The zero-order chi connectivity index (χ0) is 18.2. The molecule has 0 unspecified atom stereocenters. The van der Waals surface area contributed by atoms with E-state index < -0.39 is 0 Å². The maximum absolute atomic E-state index is 12.2. The van der Waals surface area contributed by atoms with E-state index in [9.17, 15) is 4.79 Å². The Hall–Kier alpha value is -2.75. The van der Waals surface area contributed by atoms with Gasteiger partial charge < -0.3 is 14.8 Å². The summed E-state index contributed by atoms with van der Waals surface area (Å²) >= 11 is 0. The van der Waals surface area contributed by atoms with Gasteiger partial charge in [0, 0.05) is 6.08 Å². The van der Waals surface area contributed by atoms with Gasteiger partial charge in [-0.3, -0.25) is 4.79 Å². The fourth-order valence-corrected chi connectivity index (χ4v) is 2.65. The normalized spacial score (nSPS) is 12.0. The van der Waals surface area contributed by atoms with Crippen molar-refractivity contribution in [3.05, 3.63) is 65.2 Å². The number of rotatable bonds is 7. The smallest absolute Gasteiger partial charge is 0.244 e. The number of carbonyl (C=O) groups is 1. The van der Waals surface area contributed by atoms with E-state index >= 15 is 0 Å². The topological polar surface area (TPSA) is 47.6 Å². The summed E-state index contributed by atoms with van der Waals surface area (Å²) in [5.74, 6) is 1.53. The number of ether oxygens (including phenoxy) is 2. The maximum Gasteiger partial charge on any atom is 0.244 e. The Kier molecular flexibility index (Phi) is 6.63. The Labute approximate surface area is 149 Å². The highest BCUT2D eigenvalue weighted by atomic mass is 16.5. The number of methoxy groups -OCH3 is 2. The molecular weight excluding hydrogens is 314 g/mol. The third-order valence-electron chi connectivity index (χ3n) is 4.09. The van der Waals surface area contributed by atoms with Gasteiger partial charge in [0.15, 0.2) is 0 Å². The minimum Gasteiger partial charge on any atom is -0.497 e. The number of nitrogens with one attached hydrogen (secondary N) is 1. The molecule has 4 nitrogen and oxygen atoms in total. The van der Waals surface area contributed by atoms with Crippen molar-refractivity contribution in [2.45, 2.75) is 26.3 Å². The molecule has 0 aliphatic rings. The first-order valence-corrected chi connectivity index (χ1v) is 8.34. The second-order valence-corrected chi connectivity index (χ2v) is 5.80. The Morgan fingerprint density at radius 1 is 1.12 bits per heavy atom. The Morgan fingerprint density at radius 3 is 2.40 bits per heavy atom. The third-order valence-corrected chi connectivity index (χ3v) is 4.09. The van der Waals surface area contributed by atoms with Crippen molar-refractivity contribution in [1.29, 1.82) is 0 Å². The molecule has 132 valence electrons. The molecule has 1 amide bonds. The van der Waals surface area contributed by atoms with Gasteiger partial charge in [-0.05, 0) is 54.3 Å². The summed E-state index contributed by atoms with van der Waals surface area (Å²) in [6, 6.07) is 13.5. The molecule has 0 spiro atoms. The molecule has 0 heterocycles. The van der Waals surface area contributed by atoms with Crippen LogP contribution in [-0.2, 0) is 4.79 Å². The van der Waals surface area contributed by atoms with Crippen molar-refractivity contribution in [2.24, 2.45) is 0 Å². The van der Waals surface area contributed by atoms with Gasteiger partial charge in [0.25, 0.3) is 0 Å². The maximum atomic E-state index is 12.2. The summed E-state index contributed by atoms with van der Waals surface area (Å²) in [7, 11) is 3.29. The fraction of sp³-hybridized carbons (Fsp3) is 0.286. The predicted octanol–water partition coefficient (Wildman–Crippen LogP) is 4.29. The van der Waals surface area contributed by atoms with Crippen LogP contribution in [0.4, 0.5) is 0 Å². The lowest BCUT2D eigenvalue weighted by molar-refractivity contribution is -0.117. The SMILES string of the molecule is CC[C@H](NC(=O)/C=C/c1ccc(OC)cc1)c1ccc(OC)c(C)c1. The second kappa shape index (κ2) is 8.92. The average Bonchev–Trinajstić information content (AvgIpc) is 2.64. The van der Waals surface area contributed by atoms with Gasteiger partial charge >= 0.3 is 0 Å². The van der Waals surface area contributed by atoms with E-state index in [0.717, 1.165) is 34.6 Å². The summed E-state index contributed by atoms with van der Waals surface area (Å²) in [6.07, 6.45) is 4.16. The lowest BCUT2D eigenvalue weighted by Gasteiger charge is -2.18. The molecule has 0 aliphatic heterocycles. The highest BCUT2D eigenvalue weighted by Gasteiger charge is 2.12. The third kappa shape index (κ3) is 5.11. The minimum absolute atomic E-state index is 0.0300. The van der Waals surface area contributed by atoms with Crippen LogP contribution in [0.1, 0.15) is 36.1 Å². The molecule has 0 saturated carbocycles. The summed E-state index contributed by atoms with van der Waals surface area (Å²) in [6.45, 7) is 4.05. The van der Waals surface area contributed by atoms with E-state index in [4.69, 9.17) is 9.47 Å². The molecule has 2 aromatic carbocycles. The van der Waals surface area contributed by atoms with Crippen molar-refractivity contribution in [3.63, 3.8) is 0 Å². The van der Waals surface area contributed by atoms with Crippen molar-refractivity contribution in [3.8, 4) is 11.5 Å². The van der Waals surface area contributed by atoms with E-state index in [-0.39, 0.29) is 11.9 Å². The van der Waals surface area contributed by atoms with E-state index in [1.807, 2.05) is 43.3 Å². The first-order chi connectivity index (χ1) is 12.1. The molecule has 0 saturated heterocycles. The van der Waals surface area contributed by atoms with Gasteiger partial charge in [0.2, 0.25) is 5.91 Å². The van der Waals surface area contributed by atoms with Crippen LogP contribution in [0.3, 0.4) is 0 Å². The number of hydrogen-bond donors (Lipinski definition) is 1. The lowest BCUT2D eigenvalue weighted by atomic mass is 10.0. The predicted molar refractivity (Wildman–Crippen MR) is 101 cm³/mol. The van der Waals surface area contributed by atoms with Gasteiger partial charge in [-0.25, -0.2) is 0 Å². The molecule has 0 fully saturated rings. The molecular formula is C21H25NO3.